The first-order valence-electron chi connectivity index (χ1n) is 10.1. The first-order valence-corrected chi connectivity index (χ1v) is 10.1. The second kappa shape index (κ2) is 8.21. The first kappa shape index (κ1) is 18.2. The van der Waals surface area contributed by atoms with Crippen LogP contribution >= 0.6 is 0 Å². The molecule has 0 spiro atoms. The number of benzene rings is 1. The van der Waals surface area contributed by atoms with Gasteiger partial charge in [-0.3, -0.25) is 4.79 Å². The minimum atomic E-state index is 0.315. The van der Waals surface area contributed by atoms with Crippen LogP contribution in [0.4, 0.5) is 0 Å². The molecular weight excluding hydrogens is 340 g/mol. The Bertz CT molecular complexity index is 759. The van der Waals surface area contributed by atoms with Gasteiger partial charge in [0, 0.05) is 43.6 Å². The van der Waals surface area contributed by atoms with E-state index in [0.29, 0.717) is 29.6 Å². The average molecular weight is 368 g/mol. The van der Waals surface area contributed by atoms with E-state index in [1.807, 2.05) is 12.1 Å². The molecule has 4 rings (SSSR count). The molecule has 1 saturated carbocycles. The molecule has 0 unspecified atom stereocenters. The van der Waals surface area contributed by atoms with E-state index in [-0.39, 0.29) is 0 Å². The van der Waals surface area contributed by atoms with Crippen LogP contribution in [-0.2, 0) is 11.2 Å². The number of hydrogen-bond donors (Lipinski definition) is 1. The highest BCUT2D eigenvalue weighted by molar-refractivity contribution is 5.79. The summed E-state index contributed by atoms with van der Waals surface area (Å²) in [7, 11) is 0. The van der Waals surface area contributed by atoms with Crippen LogP contribution in [0.2, 0.25) is 0 Å². The normalized spacial score (nSPS) is 18.5. The Morgan fingerprint density at radius 2 is 1.93 bits per heavy atom. The van der Waals surface area contributed by atoms with Gasteiger partial charge in [-0.05, 0) is 32.6 Å². The summed E-state index contributed by atoms with van der Waals surface area (Å²) in [6.07, 6.45) is 6.17. The summed E-state index contributed by atoms with van der Waals surface area (Å²) in [5.74, 6) is 2.01. The maximum Gasteiger partial charge on any atom is 0.228 e. The second-order valence-corrected chi connectivity index (χ2v) is 7.81. The molecule has 27 heavy (non-hydrogen) atoms. The number of rotatable bonds is 6. The summed E-state index contributed by atoms with van der Waals surface area (Å²) < 4.78 is 5.38. The molecule has 1 amide bonds. The van der Waals surface area contributed by atoms with E-state index >= 15 is 0 Å². The lowest BCUT2D eigenvalue weighted by atomic mass is 9.84. The smallest absolute Gasteiger partial charge is 0.228 e. The van der Waals surface area contributed by atoms with Crippen LogP contribution in [0, 0.1) is 12.8 Å². The van der Waals surface area contributed by atoms with Crippen LogP contribution < -0.4 is 5.32 Å². The summed E-state index contributed by atoms with van der Waals surface area (Å²) in [5.41, 5.74) is 2.19. The summed E-state index contributed by atoms with van der Waals surface area (Å²) in [5, 5.41) is 7.66. The fraction of sp³-hybridized carbons (Fsp3) is 0.571. The third kappa shape index (κ3) is 4.38. The minimum Gasteiger partial charge on any atom is -0.342 e. The van der Waals surface area contributed by atoms with Crippen molar-refractivity contribution in [2.45, 2.75) is 51.5 Å². The van der Waals surface area contributed by atoms with Crippen molar-refractivity contribution in [3.05, 3.63) is 35.7 Å². The molecule has 1 N–H and O–H groups in total. The summed E-state index contributed by atoms with van der Waals surface area (Å²) in [4.78, 5) is 18.9. The molecule has 6 heteroatoms. The number of aromatic nitrogens is 2. The number of carbonyl (C=O) groups excluding carboxylic acids is 1. The molecule has 6 nitrogen and oxygen atoms in total. The van der Waals surface area contributed by atoms with Gasteiger partial charge in [0.1, 0.15) is 0 Å². The van der Waals surface area contributed by atoms with Crippen molar-refractivity contribution in [1.82, 2.24) is 20.4 Å². The molecule has 1 aromatic carbocycles. The lowest BCUT2D eigenvalue weighted by molar-refractivity contribution is -0.139. The quantitative estimate of drug-likeness (QED) is 0.849. The predicted octanol–water partition coefficient (Wildman–Crippen LogP) is 2.97. The number of likely N-dealkylation sites (tertiary alicyclic amines) is 1. The fourth-order valence-electron chi connectivity index (χ4n) is 3.78. The highest BCUT2D eigenvalue weighted by atomic mass is 16.5. The molecule has 1 saturated heterocycles. The maximum absolute atomic E-state index is 12.3. The number of nitrogens with zero attached hydrogens (tertiary/aromatic N) is 3. The van der Waals surface area contributed by atoms with E-state index in [0.717, 1.165) is 57.3 Å². The lowest BCUT2D eigenvalue weighted by Crippen LogP contribution is -2.48. The molecule has 0 bridgehead atoms. The number of carbonyl (C=O) groups is 1. The zero-order chi connectivity index (χ0) is 18.6. The molecular formula is C21H28N4O2. The van der Waals surface area contributed by atoms with Gasteiger partial charge < -0.3 is 14.7 Å². The molecule has 0 radical (unpaired) electrons. The molecule has 1 aliphatic carbocycles. The van der Waals surface area contributed by atoms with Crippen LogP contribution in [0.25, 0.3) is 11.4 Å². The van der Waals surface area contributed by atoms with Gasteiger partial charge in [-0.15, -0.1) is 0 Å². The van der Waals surface area contributed by atoms with Crippen LogP contribution in [0.3, 0.4) is 0 Å². The Morgan fingerprint density at radius 3 is 2.59 bits per heavy atom. The van der Waals surface area contributed by atoms with Crippen LogP contribution in [0.1, 0.15) is 43.6 Å². The van der Waals surface area contributed by atoms with E-state index in [4.69, 9.17) is 4.52 Å². The van der Waals surface area contributed by atoms with Crippen molar-refractivity contribution in [2.75, 3.05) is 19.6 Å². The molecule has 2 aliphatic rings. The number of nitrogens with one attached hydrogen (secondary N) is 1. The Balaban J connectivity index is 1.19. The van der Waals surface area contributed by atoms with Gasteiger partial charge in [0.05, 0.1) is 0 Å². The van der Waals surface area contributed by atoms with Crippen molar-refractivity contribution in [1.29, 1.82) is 0 Å². The highest BCUT2D eigenvalue weighted by Gasteiger charge is 2.31. The van der Waals surface area contributed by atoms with Crippen LogP contribution in [0.5, 0.6) is 0 Å². The molecule has 1 aromatic heterocycles. The van der Waals surface area contributed by atoms with Crippen molar-refractivity contribution >= 4 is 5.91 Å². The van der Waals surface area contributed by atoms with Gasteiger partial charge in [-0.2, -0.15) is 4.98 Å². The Morgan fingerprint density at radius 1 is 1.19 bits per heavy atom. The topological polar surface area (TPSA) is 71.3 Å². The summed E-state index contributed by atoms with van der Waals surface area (Å²) >= 11 is 0. The standard InChI is InChI=1S/C21H28N4O2/c1-15-5-7-16(8-6-15)20-23-19(27-24-20)9-12-22-18-10-13-25(14-11-18)21(26)17-3-2-4-17/h5-8,17-18,22H,2-4,9-14H2,1H3. The Hall–Kier alpha value is -2.21. The van der Waals surface area contributed by atoms with E-state index in [1.165, 1.54) is 12.0 Å². The SMILES string of the molecule is Cc1ccc(-c2noc(CCNC3CCN(C(=O)C4CCC4)CC3)n2)cc1. The average Bonchev–Trinajstić information content (AvgIpc) is 3.10. The van der Waals surface area contributed by atoms with Crippen LogP contribution in [-0.4, -0.2) is 46.6 Å². The van der Waals surface area contributed by atoms with Gasteiger partial charge in [-0.25, -0.2) is 0 Å². The Kier molecular flexibility index (Phi) is 5.53. The zero-order valence-electron chi connectivity index (χ0n) is 16.0. The van der Waals surface area contributed by atoms with Gasteiger partial charge >= 0.3 is 0 Å². The molecule has 2 aromatic rings. The molecule has 1 aliphatic heterocycles. The fourth-order valence-corrected chi connectivity index (χ4v) is 3.78. The number of amides is 1. The van der Waals surface area contributed by atoms with Crippen molar-refractivity contribution in [3.8, 4) is 11.4 Å². The van der Waals surface area contributed by atoms with Gasteiger partial charge in [0.15, 0.2) is 0 Å². The van der Waals surface area contributed by atoms with Crippen molar-refractivity contribution < 1.29 is 9.32 Å². The molecule has 2 fully saturated rings. The summed E-state index contributed by atoms with van der Waals surface area (Å²) in [6.45, 7) is 4.64. The van der Waals surface area contributed by atoms with E-state index in [2.05, 4.69) is 39.4 Å². The molecule has 0 atom stereocenters. The second-order valence-electron chi connectivity index (χ2n) is 7.81. The van der Waals surface area contributed by atoms with E-state index in [9.17, 15) is 4.79 Å². The van der Waals surface area contributed by atoms with Crippen LogP contribution in [0.15, 0.2) is 28.8 Å². The largest absolute Gasteiger partial charge is 0.342 e. The van der Waals surface area contributed by atoms with E-state index < -0.39 is 0 Å². The maximum atomic E-state index is 12.3. The third-order valence-electron chi connectivity index (χ3n) is 5.81. The van der Waals surface area contributed by atoms with E-state index in [1.54, 1.807) is 0 Å². The van der Waals surface area contributed by atoms with Gasteiger partial charge in [0.2, 0.25) is 17.6 Å². The zero-order valence-corrected chi connectivity index (χ0v) is 16.0. The number of aryl methyl sites for hydroxylation is 1. The van der Waals surface area contributed by atoms with Crippen molar-refractivity contribution in [2.24, 2.45) is 5.92 Å². The predicted molar refractivity (Wildman–Crippen MR) is 103 cm³/mol. The van der Waals surface area contributed by atoms with Gasteiger partial charge in [0.25, 0.3) is 0 Å². The molecule has 2 heterocycles. The lowest BCUT2D eigenvalue weighted by Gasteiger charge is -2.36. The highest BCUT2D eigenvalue weighted by Crippen LogP contribution is 2.29. The monoisotopic (exact) mass is 368 g/mol. The first-order chi connectivity index (χ1) is 13.2. The number of piperidine rings is 1. The van der Waals surface area contributed by atoms with Crippen molar-refractivity contribution in [3.63, 3.8) is 0 Å². The summed E-state index contributed by atoms with van der Waals surface area (Å²) in [6, 6.07) is 8.60. The number of hydrogen-bond acceptors (Lipinski definition) is 5. The van der Waals surface area contributed by atoms with Gasteiger partial charge in [-0.1, -0.05) is 41.4 Å². The minimum absolute atomic E-state index is 0.315. The molecule has 144 valence electrons. The Labute approximate surface area is 160 Å². The third-order valence-corrected chi connectivity index (χ3v) is 5.81.